The topological polar surface area (TPSA) is 84.0 Å². The van der Waals surface area contributed by atoms with Gasteiger partial charge in [-0.3, -0.25) is 0 Å². The molecule has 4 nitrogen and oxygen atoms in total. The highest BCUT2D eigenvalue weighted by molar-refractivity contribution is 7.91. The zero-order valence-electron chi connectivity index (χ0n) is 4.87. The van der Waals surface area contributed by atoms with Crippen molar-refractivity contribution in [2.24, 2.45) is 5.73 Å². The standard InChI is InChI=1S/C4H8N2O2S/c5-1-3-9(7,8)4-2-6/h1,3-5H2. The van der Waals surface area contributed by atoms with Crippen LogP contribution in [0.5, 0.6) is 0 Å². The summed E-state index contributed by atoms with van der Waals surface area (Å²) < 4.78 is 21.1. The van der Waals surface area contributed by atoms with Gasteiger partial charge in [0.2, 0.25) is 0 Å². The molecule has 0 fully saturated rings. The third-order valence-corrected chi connectivity index (χ3v) is 2.14. The van der Waals surface area contributed by atoms with Crippen molar-refractivity contribution in [3.05, 3.63) is 0 Å². The van der Waals surface area contributed by atoms with E-state index in [2.05, 4.69) is 0 Å². The van der Waals surface area contributed by atoms with Crippen molar-refractivity contribution >= 4 is 9.84 Å². The van der Waals surface area contributed by atoms with E-state index in [9.17, 15) is 8.42 Å². The lowest BCUT2D eigenvalue weighted by molar-refractivity contribution is 0.599. The molecule has 0 aromatic rings. The molecule has 0 radical (unpaired) electrons. The summed E-state index contributed by atoms with van der Waals surface area (Å²) >= 11 is 0. The first-order valence-corrected chi connectivity index (χ1v) is 4.22. The molecule has 0 rings (SSSR count). The minimum Gasteiger partial charge on any atom is -0.329 e. The molecule has 0 saturated heterocycles. The quantitative estimate of drug-likeness (QED) is 0.549. The normalized spacial score (nSPS) is 10.7. The molecule has 0 aromatic carbocycles. The number of hydrogen-bond acceptors (Lipinski definition) is 4. The molecule has 0 aliphatic rings. The Morgan fingerprint density at radius 3 is 2.44 bits per heavy atom. The molecule has 0 aromatic heterocycles. The van der Waals surface area contributed by atoms with Crippen molar-refractivity contribution in [3.63, 3.8) is 0 Å². The van der Waals surface area contributed by atoms with Gasteiger partial charge < -0.3 is 5.73 Å². The van der Waals surface area contributed by atoms with Crippen molar-refractivity contribution in [1.82, 2.24) is 0 Å². The smallest absolute Gasteiger partial charge is 0.164 e. The van der Waals surface area contributed by atoms with E-state index in [1.165, 1.54) is 0 Å². The SMILES string of the molecule is N#CCS(=O)(=O)CCN. The fraction of sp³-hybridized carbons (Fsp3) is 0.750. The summed E-state index contributed by atoms with van der Waals surface area (Å²) in [5.41, 5.74) is 4.96. The Morgan fingerprint density at radius 1 is 1.56 bits per heavy atom. The molecule has 0 spiro atoms. The van der Waals surface area contributed by atoms with Crippen molar-refractivity contribution in [1.29, 1.82) is 5.26 Å². The van der Waals surface area contributed by atoms with Gasteiger partial charge in [-0.15, -0.1) is 0 Å². The number of nitrogens with zero attached hydrogens (tertiary/aromatic N) is 1. The maximum atomic E-state index is 10.5. The van der Waals surface area contributed by atoms with Crippen molar-refractivity contribution in [3.8, 4) is 6.07 Å². The molecule has 0 aliphatic carbocycles. The van der Waals surface area contributed by atoms with Gasteiger partial charge in [0, 0.05) is 6.54 Å². The number of sulfone groups is 1. The van der Waals surface area contributed by atoms with Crippen LogP contribution in [0.15, 0.2) is 0 Å². The third-order valence-electron chi connectivity index (χ3n) is 0.713. The number of nitrogens with two attached hydrogens (primary N) is 1. The average Bonchev–Trinajstić information content (AvgIpc) is 1.64. The van der Waals surface area contributed by atoms with Gasteiger partial charge in [0.25, 0.3) is 0 Å². The van der Waals surface area contributed by atoms with Crippen LogP contribution in [-0.4, -0.2) is 26.5 Å². The molecule has 0 amide bonds. The molecule has 0 unspecified atom stereocenters. The molecular weight excluding hydrogens is 140 g/mol. The lowest BCUT2D eigenvalue weighted by Gasteiger charge is -1.92. The highest BCUT2D eigenvalue weighted by atomic mass is 32.2. The number of rotatable bonds is 3. The second-order valence-corrected chi connectivity index (χ2v) is 3.72. The number of hydrogen-bond donors (Lipinski definition) is 1. The van der Waals surface area contributed by atoms with Crippen molar-refractivity contribution < 1.29 is 8.42 Å². The Labute approximate surface area is 54.2 Å². The van der Waals surface area contributed by atoms with E-state index in [1.807, 2.05) is 0 Å². The second kappa shape index (κ2) is 3.43. The summed E-state index contributed by atoms with van der Waals surface area (Å²) in [5, 5.41) is 7.96. The molecule has 0 aliphatic heterocycles. The van der Waals surface area contributed by atoms with Crippen LogP contribution in [-0.2, 0) is 9.84 Å². The van der Waals surface area contributed by atoms with Crippen LogP contribution in [0.3, 0.4) is 0 Å². The Balaban J connectivity index is 3.93. The van der Waals surface area contributed by atoms with Gasteiger partial charge in [0.15, 0.2) is 9.84 Å². The minimum atomic E-state index is -3.17. The number of nitriles is 1. The van der Waals surface area contributed by atoms with E-state index >= 15 is 0 Å². The monoisotopic (exact) mass is 148 g/mol. The van der Waals surface area contributed by atoms with E-state index in [1.54, 1.807) is 6.07 Å². The van der Waals surface area contributed by atoms with Gasteiger partial charge in [0.05, 0.1) is 11.8 Å². The average molecular weight is 148 g/mol. The van der Waals surface area contributed by atoms with Crippen LogP contribution < -0.4 is 5.73 Å². The third kappa shape index (κ3) is 3.94. The predicted molar refractivity (Wildman–Crippen MR) is 33.3 cm³/mol. The summed E-state index contributed by atoms with van der Waals surface area (Å²) in [7, 11) is -3.17. The molecule has 0 atom stereocenters. The molecule has 0 heterocycles. The lowest BCUT2D eigenvalue weighted by atomic mass is 10.8. The predicted octanol–water partition coefficient (Wildman–Crippen LogP) is -1.12. The largest absolute Gasteiger partial charge is 0.329 e. The summed E-state index contributed by atoms with van der Waals surface area (Å²) in [4.78, 5) is 0. The van der Waals surface area contributed by atoms with Gasteiger partial charge in [0.1, 0.15) is 5.75 Å². The maximum absolute atomic E-state index is 10.5. The minimum absolute atomic E-state index is 0.0873. The molecular formula is C4H8N2O2S. The van der Waals surface area contributed by atoms with E-state index < -0.39 is 15.6 Å². The highest BCUT2D eigenvalue weighted by Gasteiger charge is 2.06. The Bertz CT molecular complexity index is 201. The van der Waals surface area contributed by atoms with Crippen LogP contribution in [0.2, 0.25) is 0 Å². The first-order valence-electron chi connectivity index (χ1n) is 2.40. The van der Waals surface area contributed by atoms with E-state index in [0.717, 1.165) is 0 Å². The Hall–Kier alpha value is -0.600. The molecule has 0 saturated carbocycles. The maximum Gasteiger partial charge on any atom is 0.164 e. The van der Waals surface area contributed by atoms with E-state index in [0.29, 0.717) is 0 Å². The highest BCUT2D eigenvalue weighted by Crippen LogP contribution is 1.84. The van der Waals surface area contributed by atoms with Gasteiger partial charge in [-0.05, 0) is 0 Å². The van der Waals surface area contributed by atoms with Crippen LogP contribution in [0, 0.1) is 11.3 Å². The van der Waals surface area contributed by atoms with E-state index in [-0.39, 0.29) is 12.3 Å². The lowest BCUT2D eigenvalue weighted by Crippen LogP contribution is -2.17. The van der Waals surface area contributed by atoms with Crippen LogP contribution in [0.25, 0.3) is 0 Å². The molecule has 9 heavy (non-hydrogen) atoms. The van der Waals surface area contributed by atoms with Crippen molar-refractivity contribution in [2.45, 2.75) is 0 Å². The fourth-order valence-corrected chi connectivity index (χ4v) is 1.05. The summed E-state index contributed by atoms with van der Waals surface area (Å²) in [6, 6.07) is 1.55. The van der Waals surface area contributed by atoms with Gasteiger partial charge in [-0.2, -0.15) is 5.26 Å². The van der Waals surface area contributed by atoms with Crippen molar-refractivity contribution in [2.75, 3.05) is 18.1 Å². The second-order valence-electron chi connectivity index (χ2n) is 1.54. The zero-order chi connectivity index (χ0) is 7.33. The summed E-state index contributed by atoms with van der Waals surface area (Å²) in [6.45, 7) is 0.0873. The van der Waals surface area contributed by atoms with Gasteiger partial charge in [-0.1, -0.05) is 0 Å². The van der Waals surface area contributed by atoms with Gasteiger partial charge in [-0.25, -0.2) is 8.42 Å². The molecule has 52 valence electrons. The first-order chi connectivity index (χ1) is 4.12. The Morgan fingerprint density at radius 2 is 2.11 bits per heavy atom. The summed E-state index contributed by atoms with van der Waals surface area (Å²) in [5.74, 6) is -0.523. The molecule has 0 bridgehead atoms. The first kappa shape index (κ1) is 8.40. The zero-order valence-corrected chi connectivity index (χ0v) is 5.69. The van der Waals surface area contributed by atoms with Gasteiger partial charge >= 0.3 is 0 Å². The van der Waals surface area contributed by atoms with Crippen LogP contribution in [0.4, 0.5) is 0 Å². The fourth-order valence-electron chi connectivity index (χ4n) is 0.350. The van der Waals surface area contributed by atoms with Crippen LogP contribution in [0.1, 0.15) is 0 Å². The summed E-state index contributed by atoms with van der Waals surface area (Å²) in [6.07, 6.45) is 0. The van der Waals surface area contributed by atoms with E-state index in [4.69, 9.17) is 11.0 Å². The molecule has 2 N–H and O–H groups in total. The van der Waals surface area contributed by atoms with Crippen LogP contribution >= 0.6 is 0 Å². The molecule has 5 heteroatoms. The Kier molecular flexibility index (Phi) is 3.20.